The molecule has 1 atom stereocenters. The molecule has 21 heavy (non-hydrogen) atoms. The first kappa shape index (κ1) is 12.9. The van der Waals surface area contributed by atoms with Gasteiger partial charge in [0.25, 0.3) is 0 Å². The van der Waals surface area contributed by atoms with Gasteiger partial charge in [0, 0.05) is 19.0 Å². The normalized spacial score (nSPS) is 23.5. The van der Waals surface area contributed by atoms with E-state index in [1.165, 1.54) is 25.7 Å². The standard InChI is InChI=1S/C14H20N6O/c1-2-11(7-20-10-15-9-16-20)6-19(5-1)8-13-17-18-14(21-13)12-3-4-12/h9-12H,1-8H2. The third kappa shape index (κ3) is 3.12. The van der Waals surface area contributed by atoms with Crippen molar-refractivity contribution in [2.75, 3.05) is 13.1 Å². The van der Waals surface area contributed by atoms with Gasteiger partial charge in [-0.15, -0.1) is 10.2 Å². The summed E-state index contributed by atoms with van der Waals surface area (Å²) < 4.78 is 7.68. The van der Waals surface area contributed by atoms with E-state index in [0.29, 0.717) is 11.8 Å². The van der Waals surface area contributed by atoms with Crippen LogP contribution >= 0.6 is 0 Å². The van der Waals surface area contributed by atoms with E-state index in [0.717, 1.165) is 38.0 Å². The maximum atomic E-state index is 5.76. The molecule has 0 amide bonds. The van der Waals surface area contributed by atoms with E-state index in [9.17, 15) is 0 Å². The number of hydrogen-bond donors (Lipinski definition) is 0. The second-order valence-corrected chi connectivity index (χ2v) is 6.17. The molecular weight excluding hydrogens is 268 g/mol. The lowest BCUT2D eigenvalue weighted by molar-refractivity contribution is 0.141. The third-order valence-electron chi connectivity index (χ3n) is 4.28. The van der Waals surface area contributed by atoms with Gasteiger partial charge in [0.1, 0.15) is 12.7 Å². The molecule has 112 valence electrons. The molecule has 1 aliphatic heterocycles. The molecule has 0 spiro atoms. The van der Waals surface area contributed by atoms with E-state index in [2.05, 4.69) is 25.2 Å². The van der Waals surface area contributed by atoms with Crippen molar-refractivity contribution in [3.8, 4) is 0 Å². The predicted octanol–water partition coefficient (Wildman–Crippen LogP) is 1.45. The van der Waals surface area contributed by atoms with Crippen molar-refractivity contribution in [1.29, 1.82) is 0 Å². The van der Waals surface area contributed by atoms with E-state index in [-0.39, 0.29) is 0 Å². The number of piperidine rings is 1. The highest BCUT2D eigenvalue weighted by atomic mass is 16.4. The van der Waals surface area contributed by atoms with Crippen LogP contribution in [0.25, 0.3) is 0 Å². The molecule has 7 nitrogen and oxygen atoms in total. The largest absolute Gasteiger partial charge is 0.424 e. The summed E-state index contributed by atoms with van der Waals surface area (Å²) in [6.45, 7) is 3.87. The molecule has 0 bridgehead atoms. The van der Waals surface area contributed by atoms with E-state index in [4.69, 9.17) is 4.42 Å². The molecule has 2 aromatic rings. The van der Waals surface area contributed by atoms with Crippen LogP contribution in [0.15, 0.2) is 17.1 Å². The Morgan fingerprint density at radius 3 is 3.00 bits per heavy atom. The fourth-order valence-corrected chi connectivity index (χ4v) is 3.05. The molecular formula is C14H20N6O. The average Bonchev–Trinajstić information content (AvgIpc) is 3.02. The number of hydrogen-bond acceptors (Lipinski definition) is 6. The predicted molar refractivity (Wildman–Crippen MR) is 74.3 cm³/mol. The smallest absolute Gasteiger partial charge is 0.230 e. The van der Waals surface area contributed by atoms with Gasteiger partial charge in [-0.2, -0.15) is 5.10 Å². The fraction of sp³-hybridized carbons (Fsp3) is 0.714. The van der Waals surface area contributed by atoms with Crippen LogP contribution in [0.1, 0.15) is 43.4 Å². The van der Waals surface area contributed by atoms with Gasteiger partial charge in [0.05, 0.1) is 6.54 Å². The lowest BCUT2D eigenvalue weighted by Crippen LogP contribution is -2.36. The summed E-state index contributed by atoms with van der Waals surface area (Å²) in [5, 5.41) is 12.5. The van der Waals surface area contributed by atoms with Gasteiger partial charge in [-0.25, -0.2) is 4.98 Å². The van der Waals surface area contributed by atoms with Crippen molar-refractivity contribution in [3.05, 3.63) is 24.4 Å². The van der Waals surface area contributed by atoms with Crippen molar-refractivity contribution >= 4 is 0 Å². The zero-order valence-electron chi connectivity index (χ0n) is 12.1. The van der Waals surface area contributed by atoms with Crippen molar-refractivity contribution < 1.29 is 4.42 Å². The second kappa shape index (κ2) is 5.55. The molecule has 2 aliphatic rings. The Morgan fingerprint density at radius 1 is 1.24 bits per heavy atom. The molecule has 0 aromatic carbocycles. The van der Waals surface area contributed by atoms with Crippen LogP contribution in [0.5, 0.6) is 0 Å². The highest BCUT2D eigenvalue weighted by Crippen LogP contribution is 2.39. The number of rotatable bonds is 5. The van der Waals surface area contributed by atoms with Crippen LogP contribution in [-0.2, 0) is 13.1 Å². The first-order valence-electron chi connectivity index (χ1n) is 7.74. The Bertz CT molecular complexity index is 576. The lowest BCUT2D eigenvalue weighted by Gasteiger charge is -2.31. The highest BCUT2D eigenvalue weighted by molar-refractivity contribution is 5.00. The minimum Gasteiger partial charge on any atom is -0.424 e. The van der Waals surface area contributed by atoms with Gasteiger partial charge in [0.15, 0.2) is 0 Å². The number of aromatic nitrogens is 5. The van der Waals surface area contributed by atoms with Crippen molar-refractivity contribution in [1.82, 2.24) is 29.9 Å². The number of nitrogens with zero attached hydrogens (tertiary/aromatic N) is 6. The highest BCUT2D eigenvalue weighted by Gasteiger charge is 2.30. The zero-order chi connectivity index (χ0) is 14.1. The van der Waals surface area contributed by atoms with E-state index < -0.39 is 0 Å². The summed E-state index contributed by atoms with van der Waals surface area (Å²) in [6.07, 6.45) is 8.24. The maximum absolute atomic E-state index is 5.76. The Kier molecular flexibility index (Phi) is 3.42. The monoisotopic (exact) mass is 288 g/mol. The van der Waals surface area contributed by atoms with Gasteiger partial charge >= 0.3 is 0 Å². The molecule has 7 heteroatoms. The maximum Gasteiger partial charge on any atom is 0.230 e. The van der Waals surface area contributed by atoms with Crippen LogP contribution in [0.3, 0.4) is 0 Å². The molecule has 1 unspecified atom stereocenters. The van der Waals surface area contributed by atoms with Gasteiger partial charge in [-0.1, -0.05) is 0 Å². The second-order valence-electron chi connectivity index (χ2n) is 6.17. The first-order chi connectivity index (χ1) is 10.4. The van der Waals surface area contributed by atoms with E-state index >= 15 is 0 Å². The molecule has 2 aromatic heterocycles. The minimum atomic E-state index is 0.535. The van der Waals surface area contributed by atoms with E-state index in [1.807, 2.05) is 4.68 Å². The van der Waals surface area contributed by atoms with E-state index in [1.54, 1.807) is 12.7 Å². The molecule has 0 N–H and O–H groups in total. The Balaban J connectivity index is 1.33. The summed E-state index contributed by atoms with van der Waals surface area (Å²) in [5.74, 6) is 2.75. The first-order valence-corrected chi connectivity index (χ1v) is 7.74. The SMILES string of the molecule is c1ncn(CC2CCCN(Cc3nnc(C4CC4)o3)C2)n1. The van der Waals surface area contributed by atoms with Gasteiger partial charge in [-0.05, 0) is 38.1 Å². The Hall–Kier alpha value is -1.76. The molecule has 0 radical (unpaired) electrons. The van der Waals surface area contributed by atoms with Crippen LogP contribution in [0.4, 0.5) is 0 Å². The van der Waals surface area contributed by atoms with Crippen LogP contribution in [0, 0.1) is 5.92 Å². The van der Waals surface area contributed by atoms with Gasteiger partial charge in [-0.3, -0.25) is 9.58 Å². The molecule has 1 saturated carbocycles. The Labute approximate surface area is 123 Å². The van der Waals surface area contributed by atoms with Crippen LogP contribution in [0.2, 0.25) is 0 Å². The molecule has 1 aliphatic carbocycles. The summed E-state index contributed by atoms with van der Waals surface area (Å²) in [4.78, 5) is 6.42. The van der Waals surface area contributed by atoms with Crippen molar-refractivity contribution in [2.24, 2.45) is 5.92 Å². The molecule has 2 fully saturated rings. The van der Waals surface area contributed by atoms with Crippen LogP contribution in [-0.4, -0.2) is 43.0 Å². The third-order valence-corrected chi connectivity index (χ3v) is 4.28. The topological polar surface area (TPSA) is 72.9 Å². The molecule has 1 saturated heterocycles. The Morgan fingerprint density at radius 2 is 2.19 bits per heavy atom. The summed E-state index contributed by atoms with van der Waals surface area (Å²) in [7, 11) is 0. The minimum absolute atomic E-state index is 0.535. The molecule has 3 heterocycles. The number of likely N-dealkylation sites (tertiary alicyclic amines) is 1. The van der Waals surface area contributed by atoms with Gasteiger partial charge in [0.2, 0.25) is 11.8 Å². The molecule has 4 rings (SSSR count). The lowest BCUT2D eigenvalue weighted by atomic mass is 9.98. The summed E-state index contributed by atoms with van der Waals surface area (Å²) in [5.41, 5.74) is 0. The zero-order valence-corrected chi connectivity index (χ0v) is 12.1. The van der Waals surface area contributed by atoms with Crippen molar-refractivity contribution in [2.45, 2.75) is 44.7 Å². The summed E-state index contributed by atoms with van der Waals surface area (Å²) in [6, 6.07) is 0. The average molecular weight is 288 g/mol. The summed E-state index contributed by atoms with van der Waals surface area (Å²) >= 11 is 0. The fourth-order valence-electron chi connectivity index (χ4n) is 3.05. The quantitative estimate of drug-likeness (QED) is 0.829. The van der Waals surface area contributed by atoms with Crippen molar-refractivity contribution in [3.63, 3.8) is 0 Å². The van der Waals surface area contributed by atoms with Gasteiger partial charge < -0.3 is 4.42 Å². The van der Waals surface area contributed by atoms with Crippen LogP contribution < -0.4 is 0 Å².